The van der Waals surface area contributed by atoms with Crippen LogP contribution in [0.3, 0.4) is 0 Å². The van der Waals surface area contributed by atoms with Crippen LogP contribution in [0.4, 0.5) is 5.69 Å². The Balaban J connectivity index is 1.68. The predicted octanol–water partition coefficient (Wildman–Crippen LogP) is 5.73. The van der Waals surface area contributed by atoms with Gasteiger partial charge < -0.3 is 10.0 Å². The summed E-state index contributed by atoms with van der Waals surface area (Å²) >= 11 is 11.9. The lowest BCUT2D eigenvalue weighted by atomic mass is 9.94. The molecule has 1 amide bonds. The molecule has 1 fully saturated rings. The standard InChI is InChI=1S/C27H25ClN2O2S/c1-19(21-10-6-3-7-11-21)29-18-24(25(31)17-12-20-8-4-2-5-9-20)26(32)30(27(29)33)23-15-13-22(28)14-16-23/h2-17,19,24-25,31H,18H2,1H3/b17-12+/t19-,24-,25+/m0/s1. The summed E-state index contributed by atoms with van der Waals surface area (Å²) in [4.78, 5) is 17.1. The number of aliphatic hydroxyl groups is 1. The second-order valence-electron chi connectivity index (χ2n) is 8.04. The van der Waals surface area contributed by atoms with E-state index >= 15 is 0 Å². The quantitative estimate of drug-likeness (QED) is 0.462. The molecule has 1 saturated heterocycles. The minimum atomic E-state index is -0.971. The van der Waals surface area contributed by atoms with Gasteiger partial charge in [0.1, 0.15) is 0 Å². The molecule has 6 heteroatoms. The van der Waals surface area contributed by atoms with Gasteiger partial charge in [0.25, 0.3) is 0 Å². The molecule has 0 radical (unpaired) electrons. The Morgan fingerprint density at radius 1 is 1.00 bits per heavy atom. The Hall–Kier alpha value is -2.99. The summed E-state index contributed by atoms with van der Waals surface area (Å²) in [5.74, 6) is -0.914. The van der Waals surface area contributed by atoms with Crippen LogP contribution in [0.5, 0.6) is 0 Å². The molecule has 0 aromatic heterocycles. The van der Waals surface area contributed by atoms with Crippen LogP contribution >= 0.6 is 23.8 Å². The average molecular weight is 477 g/mol. The highest BCUT2D eigenvalue weighted by Gasteiger charge is 2.42. The van der Waals surface area contributed by atoms with Crippen molar-refractivity contribution < 1.29 is 9.90 Å². The van der Waals surface area contributed by atoms with Crippen molar-refractivity contribution in [3.63, 3.8) is 0 Å². The van der Waals surface area contributed by atoms with Crippen molar-refractivity contribution >= 4 is 46.6 Å². The van der Waals surface area contributed by atoms with Crippen molar-refractivity contribution in [1.29, 1.82) is 0 Å². The average Bonchev–Trinajstić information content (AvgIpc) is 2.84. The van der Waals surface area contributed by atoms with E-state index in [0.29, 0.717) is 22.4 Å². The molecule has 1 N–H and O–H groups in total. The highest BCUT2D eigenvalue weighted by Crippen LogP contribution is 2.32. The van der Waals surface area contributed by atoms with Crippen LogP contribution in [-0.2, 0) is 4.79 Å². The van der Waals surface area contributed by atoms with Crippen molar-refractivity contribution in [2.24, 2.45) is 5.92 Å². The van der Waals surface area contributed by atoms with Gasteiger partial charge in [-0.25, -0.2) is 0 Å². The molecule has 1 heterocycles. The summed E-state index contributed by atoms with van der Waals surface area (Å²) < 4.78 is 0. The number of hydrogen-bond donors (Lipinski definition) is 1. The van der Waals surface area contributed by atoms with Crippen molar-refractivity contribution in [3.8, 4) is 0 Å². The van der Waals surface area contributed by atoms with Gasteiger partial charge in [-0.05, 0) is 54.5 Å². The highest BCUT2D eigenvalue weighted by atomic mass is 35.5. The largest absolute Gasteiger partial charge is 0.388 e. The minimum Gasteiger partial charge on any atom is -0.388 e. The normalized spacial score (nSPS) is 18.6. The van der Waals surface area contributed by atoms with E-state index in [-0.39, 0.29) is 11.9 Å². The Bertz CT molecular complexity index is 1140. The van der Waals surface area contributed by atoms with E-state index in [0.717, 1.165) is 11.1 Å². The number of anilines is 1. The molecule has 33 heavy (non-hydrogen) atoms. The number of aliphatic hydroxyl groups excluding tert-OH is 1. The van der Waals surface area contributed by atoms with E-state index in [9.17, 15) is 9.90 Å². The van der Waals surface area contributed by atoms with Gasteiger partial charge in [0.2, 0.25) is 5.91 Å². The first kappa shape index (κ1) is 23.2. The molecular weight excluding hydrogens is 452 g/mol. The Morgan fingerprint density at radius 3 is 2.24 bits per heavy atom. The first-order valence-electron chi connectivity index (χ1n) is 10.8. The summed E-state index contributed by atoms with van der Waals surface area (Å²) in [5.41, 5.74) is 2.67. The number of carbonyl (C=O) groups excluding carboxylic acids is 1. The molecule has 3 aromatic rings. The van der Waals surface area contributed by atoms with E-state index in [1.54, 1.807) is 30.3 Å². The first-order chi connectivity index (χ1) is 16.0. The summed E-state index contributed by atoms with van der Waals surface area (Å²) in [6.07, 6.45) is 2.54. The summed E-state index contributed by atoms with van der Waals surface area (Å²) in [7, 11) is 0. The fraction of sp³-hybridized carbons (Fsp3) is 0.185. The van der Waals surface area contributed by atoms with Crippen LogP contribution in [0.1, 0.15) is 24.1 Å². The van der Waals surface area contributed by atoms with Crippen LogP contribution in [0.2, 0.25) is 5.02 Å². The van der Waals surface area contributed by atoms with Gasteiger partial charge in [-0.15, -0.1) is 0 Å². The van der Waals surface area contributed by atoms with Crippen LogP contribution < -0.4 is 4.90 Å². The Morgan fingerprint density at radius 2 is 1.61 bits per heavy atom. The molecule has 168 valence electrons. The summed E-state index contributed by atoms with van der Waals surface area (Å²) in [6.45, 7) is 2.37. The number of rotatable bonds is 6. The number of halogens is 1. The van der Waals surface area contributed by atoms with Crippen molar-refractivity contribution in [2.75, 3.05) is 11.4 Å². The number of carbonyl (C=O) groups is 1. The zero-order chi connectivity index (χ0) is 23.4. The Labute approximate surface area is 204 Å². The molecule has 0 bridgehead atoms. The minimum absolute atomic E-state index is 0.0746. The lowest BCUT2D eigenvalue weighted by Crippen LogP contribution is -2.59. The van der Waals surface area contributed by atoms with Crippen LogP contribution in [0, 0.1) is 5.92 Å². The van der Waals surface area contributed by atoms with Gasteiger partial charge in [-0.2, -0.15) is 0 Å². The van der Waals surface area contributed by atoms with Gasteiger partial charge in [0, 0.05) is 11.6 Å². The molecule has 1 aliphatic rings. The number of benzene rings is 3. The van der Waals surface area contributed by atoms with E-state index in [4.69, 9.17) is 23.8 Å². The molecule has 0 spiro atoms. The molecule has 3 aromatic carbocycles. The van der Waals surface area contributed by atoms with Crippen LogP contribution in [-0.4, -0.2) is 33.7 Å². The molecule has 0 unspecified atom stereocenters. The number of hydrogen-bond acceptors (Lipinski definition) is 3. The molecule has 0 saturated carbocycles. The maximum atomic E-state index is 13.6. The van der Waals surface area contributed by atoms with Crippen molar-refractivity contribution in [1.82, 2.24) is 4.90 Å². The smallest absolute Gasteiger partial charge is 0.241 e. The van der Waals surface area contributed by atoms with E-state index in [1.807, 2.05) is 71.6 Å². The third-order valence-corrected chi connectivity index (χ3v) is 6.57. The van der Waals surface area contributed by atoms with Gasteiger partial charge in [0.15, 0.2) is 5.11 Å². The molecule has 4 rings (SSSR count). The predicted molar refractivity (Wildman–Crippen MR) is 138 cm³/mol. The Kier molecular flexibility index (Phi) is 7.23. The lowest BCUT2D eigenvalue weighted by Gasteiger charge is -2.44. The van der Waals surface area contributed by atoms with Crippen molar-refractivity contribution in [3.05, 3.63) is 107 Å². The van der Waals surface area contributed by atoms with Crippen molar-refractivity contribution in [2.45, 2.75) is 19.1 Å². The summed E-state index contributed by atoms with van der Waals surface area (Å²) in [6, 6.07) is 26.6. The zero-order valence-corrected chi connectivity index (χ0v) is 19.8. The van der Waals surface area contributed by atoms with Gasteiger partial charge in [-0.1, -0.05) is 84.4 Å². The van der Waals surface area contributed by atoms with Crippen LogP contribution in [0.15, 0.2) is 91.0 Å². The fourth-order valence-electron chi connectivity index (χ4n) is 3.98. The number of thiocarbonyl (C=S) groups is 1. The molecule has 4 nitrogen and oxygen atoms in total. The maximum absolute atomic E-state index is 13.6. The first-order valence-corrected chi connectivity index (χ1v) is 11.6. The third-order valence-electron chi connectivity index (χ3n) is 5.90. The molecule has 0 aliphatic carbocycles. The fourth-order valence-corrected chi connectivity index (χ4v) is 4.54. The molecule has 1 aliphatic heterocycles. The van der Waals surface area contributed by atoms with Gasteiger partial charge >= 0.3 is 0 Å². The van der Waals surface area contributed by atoms with Gasteiger partial charge in [-0.3, -0.25) is 9.69 Å². The second-order valence-corrected chi connectivity index (χ2v) is 8.84. The van der Waals surface area contributed by atoms with Gasteiger partial charge in [0.05, 0.1) is 23.8 Å². The molecular formula is C27H25ClN2O2S. The lowest BCUT2D eigenvalue weighted by molar-refractivity contribution is -0.125. The van der Waals surface area contributed by atoms with E-state index in [2.05, 4.69) is 6.92 Å². The second kappa shape index (κ2) is 10.3. The number of amides is 1. The van der Waals surface area contributed by atoms with Crippen LogP contribution in [0.25, 0.3) is 6.08 Å². The van der Waals surface area contributed by atoms with E-state index < -0.39 is 12.0 Å². The molecule has 3 atom stereocenters. The number of nitrogens with zero attached hydrogens (tertiary/aromatic N) is 2. The monoisotopic (exact) mass is 476 g/mol. The highest BCUT2D eigenvalue weighted by molar-refractivity contribution is 7.80. The zero-order valence-electron chi connectivity index (χ0n) is 18.2. The summed E-state index contributed by atoms with van der Waals surface area (Å²) in [5, 5.41) is 12.0. The topological polar surface area (TPSA) is 43.8 Å². The maximum Gasteiger partial charge on any atom is 0.241 e. The SMILES string of the molecule is C[C@@H](c1ccccc1)N1C[C@@H]([C@H](O)/C=C/c2ccccc2)C(=O)N(c2ccc(Cl)cc2)C1=S. The third kappa shape index (κ3) is 5.17. The van der Waals surface area contributed by atoms with E-state index in [1.165, 1.54) is 4.90 Å².